The van der Waals surface area contributed by atoms with Gasteiger partial charge >= 0.3 is 0 Å². The quantitative estimate of drug-likeness (QED) is 0.933. The van der Waals surface area contributed by atoms with E-state index < -0.39 is 0 Å². The van der Waals surface area contributed by atoms with Crippen LogP contribution in [0.5, 0.6) is 0 Å². The Kier molecular flexibility index (Phi) is 4.43. The second-order valence-electron chi connectivity index (χ2n) is 4.20. The lowest BCUT2D eigenvalue weighted by Gasteiger charge is -2.16. The molecule has 0 fully saturated rings. The number of hydrogen-bond donors (Lipinski definition) is 1. The Morgan fingerprint density at radius 3 is 2.78 bits per heavy atom. The van der Waals surface area contributed by atoms with Gasteiger partial charge in [0.05, 0.1) is 10.7 Å². The van der Waals surface area contributed by atoms with Crippen molar-refractivity contribution >= 4 is 27.5 Å². The van der Waals surface area contributed by atoms with Crippen molar-refractivity contribution < 1.29 is 0 Å². The number of halogens is 2. The van der Waals surface area contributed by atoms with Gasteiger partial charge in [-0.25, -0.2) is 0 Å². The first-order valence-electron chi connectivity index (χ1n) is 5.71. The number of benzene rings is 1. The van der Waals surface area contributed by atoms with Gasteiger partial charge in [0.15, 0.2) is 0 Å². The van der Waals surface area contributed by atoms with E-state index in [-0.39, 0.29) is 6.04 Å². The van der Waals surface area contributed by atoms with Crippen LogP contribution in [0.1, 0.15) is 17.3 Å². The zero-order chi connectivity index (χ0) is 13.1. The largest absolute Gasteiger partial charge is 0.313 e. The Morgan fingerprint density at radius 2 is 2.22 bits per heavy atom. The third-order valence-electron chi connectivity index (χ3n) is 2.88. The molecule has 96 valence electrons. The first kappa shape index (κ1) is 13.6. The van der Waals surface area contributed by atoms with Crippen molar-refractivity contribution in [3.63, 3.8) is 0 Å². The maximum Gasteiger partial charge on any atom is 0.0643 e. The molecule has 2 rings (SSSR count). The van der Waals surface area contributed by atoms with Crippen LogP contribution in [0.4, 0.5) is 0 Å². The second kappa shape index (κ2) is 5.87. The summed E-state index contributed by atoms with van der Waals surface area (Å²) < 4.78 is 2.74. The third kappa shape index (κ3) is 3.13. The van der Waals surface area contributed by atoms with Crippen LogP contribution in [0.15, 0.2) is 34.9 Å². The number of nitrogens with one attached hydrogen (secondary N) is 1. The summed E-state index contributed by atoms with van der Waals surface area (Å²) in [7, 11) is 3.88. The van der Waals surface area contributed by atoms with Crippen molar-refractivity contribution in [2.75, 3.05) is 7.05 Å². The van der Waals surface area contributed by atoms with Gasteiger partial charge in [-0.3, -0.25) is 4.68 Å². The summed E-state index contributed by atoms with van der Waals surface area (Å²) >= 11 is 9.46. The van der Waals surface area contributed by atoms with Crippen LogP contribution in [0.3, 0.4) is 0 Å². The zero-order valence-corrected chi connectivity index (χ0v) is 12.7. The van der Waals surface area contributed by atoms with Gasteiger partial charge in [-0.2, -0.15) is 5.10 Å². The molecule has 3 nitrogen and oxygen atoms in total. The van der Waals surface area contributed by atoms with E-state index >= 15 is 0 Å². The number of likely N-dealkylation sites (N-methyl/N-ethyl adjacent to an activating group) is 1. The van der Waals surface area contributed by atoms with Crippen LogP contribution in [-0.2, 0) is 13.5 Å². The Labute approximate surface area is 120 Å². The highest BCUT2D eigenvalue weighted by atomic mass is 79.9. The Morgan fingerprint density at radius 1 is 1.44 bits per heavy atom. The van der Waals surface area contributed by atoms with E-state index in [0.29, 0.717) is 0 Å². The van der Waals surface area contributed by atoms with Crippen LogP contribution >= 0.6 is 27.5 Å². The Hall–Kier alpha value is -0.840. The number of hydrogen-bond acceptors (Lipinski definition) is 2. The minimum atomic E-state index is 0.230. The predicted molar refractivity (Wildman–Crippen MR) is 77.9 cm³/mol. The molecule has 1 atom stereocenters. The van der Waals surface area contributed by atoms with Gasteiger partial charge < -0.3 is 5.32 Å². The predicted octanol–water partition coefficient (Wildman–Crippen LogP) is 3.34. The average Bonchev–Trinajstić information content (AvgIpc) is 2.75. The molecule has 2 aromatic rings. The highest BCUT2D eigenvalue weighted by Crippen LogP contribution is 2.27. The van der Waals surface area contributed by atoms with Gasteiger partial charge in [-0.15, -0.1) is 0 Å². The molecule has 1 N–H and O–H groups in total. The molecule has 1 unspecified atom stereocenters. The summed E-state index contributed by atoms with van der Waals surface area (Å²) in [5.41, 5.74) is 2.27. The number of rotatable bonds is 4. The number of aromatic nitrogens is 2. The van der Waals surface area contributed by atoms with Crippen molar-refractivity contribution in [3.8, 4) is 0 Å². The standard InChI is InChI=1S/C13H15BrClN3/c1-16-13(8-10-5-6-18(2)17-10)9-3-4-12(15)11(14)7-9/h3-7,13,16H,8H2,1-2H3. The Balaban J connectivity index is 2.19. The smallest absolute Gasteiger partial charge is 0.0643 e. The van der Waals surface area contributed by atoms with E-state index in [9.17, 15) is 0 Å². The highest BCUT2D eigenvalue weighted by Gasteiger charge is 2.12. The summed E-state index contributed by atoms with van der Waals surface area (Å²) in [4.78, 5) is 0. The van der Waals surface area contributed by atoms with Gasteiger partial charge in [0.2, 0.25) is 0 Å². The van der Waals surface area contributed by atoms with E-state index in [1.54, 1.807) is 0 Å². The van der Waals surface area contributed by atoms with Crippen molar-refractivity contribution in [1.82, 2.24) is 15.1 Å². The van der Waals surface area contributed by atoms with Gasteiger partial charge in [0, 0.05) is 30.2 Å². The lowest BCUT2D eigenvalue weighted by molar-refractivity contribution is 0.577. The molecule has 1 aromatic heterocycles. The molecule has 0 saturated heterocycles. The fourth-order valence-corrected chi connectivity index (χ4v) is 2.41. The average molecular weight is 329 g/mol. The number of nitrogens with zero attached hydrogens (tertiary/aromatic N) is 2. The normalized spacial score (nSPS) is 12.7. The second-order valence-corrected chi connectivity index (χ2v) is 5.46. The summed E-state index contributed by atoms with van der Waals surface area (Å²) in [5.74, 6) is 0. The van der Waals surface area contributed by atoms with Crippen molar-refractivity contribution in [2.45, 2.75) is 12.5 Å². The minimum absolute atomic E-state index is 0.230. The fraction of sp³-hybridized carbons (Fsp3) is 0.308. The highest BCUT2D eigenvalue weighted by molar-refractivity contribution is 9.10. The maximum atomic E-state index is 6.01. The van der Waals surface area contributed by atoms with Crippen LogP contribution in [0, 0.1) is 0 Å². The minimum Gasteiger partial charge on any atom is -0.313 e. The lowest BCUT2D eigenvalue weighted by atomic mass is 10.0. The van der Waals surface area contributed by atoms with Gasteiger partial charge in [0.1, 0.15) is 0 Å². The van der Waals surface area contributed by atoms with Crippen LogP contribution in [-0.4, -0.2) is 16.8 Å². The molecule has 1 aromatic carbocycles. The molecular formula is C13H15BrClN3. The van der Waals surface area contributed by atoms with E-state index in [1.807, 2.05) is 49.2 Å². The molecule has 0 aliphatic heterocycles. The molecule has 5 heteroatoms. The maximum absolute atomic E-state index is 6.01. The van der Waals surface area contributed by atoms with Crippen molar-refractivity contribution in [1.29, 1.82) is 0 Å². The molecule has 0 saturated carbocycles. The summed E-state index contributed by atoms with van der Waals surface area (Å²) in [5, 5.41) is 8.44. The Bertz CT molecular complexity index is 539. The molecule has 0 spiro atoms. The topological polar surface area (TPSA) is 29.9 Å². The lowest BCUT2D eigenvalue weighted by Crippen LogP contribution is -2.19. The molecule has 0 aliphatic carbocycles. The summed E-state index contributed by atoms with van der Waals surface area (Å²) in [6.07, 6.45) is 2.81. The molecule has 0 radical (unpaired) electrons. The first-order chi connectivity index (χ1) is 8.60. The molecule has 0 bridgehead atoms. The summed E-state index contributed by atoms with van der Waals surface area (Å²) in [6.45, 7) is 0. The molecule has 0 aliphatic rings. The summed E-state index contributed by atoms with van der Waals surface area (Å²) in [6, 6.07) is 8.26. The van der Waals surface area contributed by atoms with E-state index in [2.05, 4.69) is 26.3 Å². The SMILES string of the molecule is CNC(Cc1ccn(C)n1)c1ccc(Cl)c(Br)c1. The van der Waals surface area contributed by atoms with Crippen LogP contribution in [0.2, 0.25) is 5.02 Å². The van der Waals surface area contributed by atoms with E-state index in [0.717, 1.165) is 21.6 Å². The number of aryl methyl sites for hydroxylation is 1. The molecule has 0 amide bonds. The van der Waals surface area contributed by atoms with Gasteiger partial charge in [-0.05, 0) is 46.7 Å². The van der Waals surface area contributed by atoms with Gasteiger partial charge in [0.25, 0.3) is 0 Å². The monoisotopic (exact) mass is 327 g/mol. The zero-order valence-electron chi connectivity index (χ0n) is 10.3. The molecular weight excluding hydrogens is 314 g/mol. The van der Waals surface area contributed by atoms with Crippen molar-refractivity contribution in [2.24, 2.45) is 7.05 Å². The van der Waals surface area contributed by atoms with Crippen LogP contribution < -0.4 is 5.32 Å². The van der Waals surface area contributed by atoms with Crippen molar-refractivity contribution in [3.05, 3.63) is 51.2 Å². The molecule has 1 heterocycles. The van der Waals surface area contributed by atoms with Gasteiger partial charge in [-0.1, -0.05) is 17.7 Å². The van der Waals surface area contributed by atoms with E-state index in [1.165, 1.54) is 5.56 Å². The van der Waals surface area contributed by atoms with Crippen LogP contribution in [0.25, 0.3) is 0 Å². The fourth-order valence-electron chi connectivity index (χ4n) is 1.90. The van der Waals surface area contributed by atoms with E-state index in [4.69, 9.17) is 11.6 Å². The molecule has 18 heavy (non-hydrogen) atoms. The first-order valence-corrected chi connectivity index (χ1v) is 6.88. The third-order valence-corrected chi connectivity index (χ3v) is 4.09.